The first-order valence-corrected chi connectivity index (χ1v) is 12.2. The highest BCUT2D eigenvalue weighted by Crippen LogP contribution is 2.36. The number of ether oxygens (including phenoxy) is 1. The van der Waals surface area contributed by atoms with Gasteiger partial charge in [-0.2, -0.15) is 9.61 Å². The van der Waals surface area contributed by atoms with Crippen LogP contribution in [0.25, 0.3) is 16.1 Å². The van der Waals surface area contributed by atoms with Crippen LogP contribution in [0.1, 0.15) is 41.8 Å². The minimum absolute atomic E-state index is 0.185. The Morgan fingerprint density at radius 2 is 1.97 bits per heavy atom. The number of nitrogens with one attached hydrogen (secondary N) is 1. The van der Waals surface area contributed by atoms with Crippen LogP contribution in [0.2, 0.25) is 0 Å². The molecule has 1 aromatic carbocycles. The zero-order valence-corrected chi connectivity index (χ0v) is 20.5. The summed E-state index contributed by atoms with van der Waals surface area (Å²) >= 11 is 2.57. The van der Waals surface area contributed by atoms with E-state index in [0.29, 0.717) is 27.6 Å². The lowest BCUT2D eigenvalue weighted by Gasteiger charge is -2.09. The van der Waals surface area contributed by atoms with Crippen molar-refractivity contribution >= 4 is 44.5 Å². The van der Waals surface area contributed by atoms with Crippen molar-refractivity contribution in [3.05, 3.63) is 80.0 Å². The third-order valence-corrected chi connectivity index (χ3v) is 6.68. The maximum atomic E-state index is 13.2. The summed E-state index contributed by atoms with van der Waals surface area (Å²) in [5, 5.41) is 10.00. The number of nitrogens with zero attached hydrogens (tertiary/aromatic N) is 3. The molecule has 0 aliphatic rings. The molecule has 0 unspecified atom stereocenters. The molecule has 1 N–H and O–H groups in total. The summed E-state index contributed by atoms with van der Waals surface area (Å²) in [4.78, 5) is 42.8. The van der Waals surface area contributed by atoms with Crippen LogP contribution >= 0.6 is 22.7 Å². The highest BCUT2D eigenvalue weighted by Gasteiger charge is 2.23. The van der Waals surface area contributed by atoms with E-state index in [1.54, 1.807) is 0 Å². The predicted molar refractivity (Wildman–Crippen MR) is 133 cm³/mol. The molecule has 0 fully saturated rings. The normalized spacial score (nSPS) is 10.8. The number of aryl methyl sites for hydroxylation is 1. The van der Waals surface area contributed by atoms with Gasteiger partial charge < -0.3 is 10.1 Å². The first kappa shape index (κ1) is 23.5. The molecular weight excluding hydrogens is 472 g/mol. The Bertz CT molecular complexity index is 1450. The molecule has 0 aliphatic carbocycles. The van der Waals surface area contributed by atoms with Crippen molar-refractivity contribution in [2.24, 2.45) is 0 Å². The van der Waals surface area contributed by atoms with Crippen LogP contribution in [0.3, 0.4) is 0 Å². The second-order valence-corrected chi connectivity index (χ2v) is 9.56. The van der Waals surface area contributed by atoms with Gasteiger partial charge in [-0.05, 0) is 25.8 Å². The van der Waals surface area contributed by atoms with E-state index in [4.69, 9.17) is 4.74 Å². The third-order valence-electron chi connectivity index (χ3n) is 4.73. The van der Waals surface area contributed by atoms with E-state index in [1.165, 1.54) is 39.3 Å². The maximum absolute atomic E-state index is 13.2. The number of aromatic nitrogens is 3. The molecule has 4 aromatic rings. The fourth-order valence-electron chi connectivity index (χ4n) is 3.22. The lowest BCUT2D eigenvalue weighted by atomic mass is 10.0. The van der Waals surface area contributed by atoms with Gasteiger partial charge in [0.05, 0.1) is 5.69 Å². The van der Waals surface area contributed by atoms with Crippen LogP contribution in [0.5, 0.6) is 0 Å². The zero-order chi connectivity index (χ0) is 24.2. The number of hydrogen-bond acceptors (Lipinski definition) is 8. The van der Waals surface area contributed by atoms with Crippen molar-refractivity contribution in [2.45, 2.75) is 33.8 Å². The lowest BCUT2D eigenvalue weighted by Crippen LogP contribution is -2.17. The number of esters is 1. The number of thiophene rings is 1. The van der Waals surface area contributed by atoms with Crippen molar-refractivity contribution in [1.29, 1.82) is 0 Å². The van der Waals surface area contributed by atoms with E-state index in [1.807, 2.05) is 56.5 Å². The smallest absolute Gasteiger partial charge is 0.342 e. The van der Waals surface area contributed by atoms with Crippen molar-refractivity contribution in [2.75, 3.05) is 5.32 Å². The van der Waals surface area contributed by atoms with Gasteiger partial charge in [0.2, 0.25) is 10.9 Å². The van der Waals surface area contributed by atoms with Crippen LogP contribution in [0.4, 0.5) is 5.00 Å². The van der Waals surface area contributed by atoms with Gasteiger partial charge in [0.1, 0.15) is 22.2 Å². The average Bonchev–Trinajstić information content (AvgIpc) is 3.42. The molecule has 1 amide bonds. The lowest BCUT2D eigenvalue weighted by molar-refractivity contribution is -0.111. The topological polar surface area (TPSA) is 103 Å². The third kappa shape index (κ3) is 5.13. The minimum Gasteiger partial charge on any atom is -0.455 e. The largest absolute Gasteiger partial charge is 0.455 e. The maximum Gasteiger partial charge on any atom is 0.342 e. The monoisotopic (exact) mass is 494 g/mol. The van der Waals surface area contributed by atoms with Crippen molar-refractivity contribution in [3.8, 4) is 11.1 Å². The van der Waals surface area contributed by atoms with Gasteiger partial charge >= 0.3 is 5.97 Å². The molecule has 8 nitrogen and oxygen atoms in total. The van der Waals surface area contributed by atoms with Gasteiger partial charge in [0, 0.05) is 23.1 Å². The number of benzene rings is 1. The van der Waals surface area contributed by atoms with Gasteiger partial charge in [-0.1, -0.05) is 54.2 Å². The summed E-state index contributed by atoms with van der Waals surface area (Å²) < 4.78 is 6.80. The number of rotatable bonds is 7. The molecule has 34 heavy (non-hydrogen) atoms. The van der Waals surface area contributed by atoms with Crippen LogP contribution < -0.4 is 10.9 Å². The first-order chi connectivity index (χ1) is 16.4. The fraction of sp³-hybridized carbons (Fsp3) is 0.208. The second kappa shape index (κ2) is 10.1. The van der Waals surface area contributed by atoms with Crippen LogP contribution in [-0.4, -0.2) is 26.5 Å². The standard InChI is InChI=1S/C24H22N4O4S2/c1-4-19-27-28-20(30)11-16(25-24(28)34-19)12-32-23(31)21-17(15-8-6-5-7-9-15)13-33-22(21)26-18(29)10-14(2)3/h5-11,13H,4,12H2,1-3H3,(H,26,29). The zero-order valence-electron chi connectivity index (χ0n) is 18.8. The van der Waals surface area contributed by atoms with Gasteiger partial charge in [0.15, 0.2) is 0 Å². The Labute approximate surface area is 203 Å². The molecule has 4 rings (SSSR count). The summed E-state index contributed by atoms with van der Waals surface area (Å²) in [6, 6.07) is 10.7. The molecule has 0 aliphatic heterocycles. The molecule has 3 heterocycles. The van der Waals surface area contributed by atoms with Gasteiger partial charge in [-0.25, -0.2) is 9.78 Å². The molecule has 0 spiro atoms. The number of amides is 1. The van der Waals surface area contributed by atoms with Crippen molar-refractivity contribution < 1.29 is 14.3 Å². The number of fused-ring (bicyclic) bond motifs is 1. The first-order valence-electron chi connectivity index (χ1n) is 10.5. The number of carbonyl (C=O) groups excluding carboxylic acids is 2. The van der Waals surface area contributed by atoms with E-state index in [2.05, 4.69) is 15.4 Å². The van der Waals surface area contributed by atoms with Gasteiger partial charge in [-0.15, -0.1) is 11.3 Å². The predicted octanol–water partition coefficient (Wildman–Crippen LogP) is 4.70. The average molecular weight is 495 g/mol. The summed E-state index contributed by atoms with van der Waals surface area (Å²) in [6.07, 6.45) is 2.16. The Balaban J connectivity index is 1.63. The summed E-state index contributed by atoms with van der Waals surface area (Å²) in [5.74, 6) is -0.944. The van der Waals surface area contributed by atoms with Gasteiger partial charge in [-0.3, -0.25) is 9.59 Å². The van der Waals surface area contributed by atoms with E-state index < -0.39 is 5.97 Å². The quantitative estimate of drug-likeness (QED) is 0.295. The van der Waals surface area contributed by atoms with Crippen molar-refractivity contribution in [3.63, 3.8) is 0 Å². The fourth-order valence-corrected chi connectivity index (χ4v) is 5.04. The molecular formula is C24H22N4O4S2. The number of anilines is 1. The molecule has 10 heteroatoms. The molecule has 0 atom stereocenters. The summed E-state index contributed by atoms with van der Waals surface area (Å²) in [6.45, 7) is 5.40. The minimum atomic E-state index is -0.617. The van der Waals surface area contributed by atoms with E-state index in [-0.39, 0.29) is 23.6 Å². The highest BCUT2D eigenvalue weighted by atomic mass is 32.1. The molecule has 174 valence electrons. The van der Waals surface area contributed by atoms with Crippen molar-refractivity contribution in [1.82, 2.24) is 14.6 Å². The number of hydrogen-bond donors (Lipinski definition) is 1. The van der Waals surface area contributed by atoms with E-state index in [9.17, 15) is 14.4 Å². The summed E-state index contributed by atoms with van der Waals surface area (Å²) in [7, 11) is 0. The second-order valence-electron chi connectivity index (χ2n) is 7.64. The number of carbonyl (C=O) groups is 2. The molecule has 3 aromatic heterocycles. The Kier molecular flexibility index (Phi) is 6.99. The Morgan fingerprint density at radius 1 is 1.21 bits per heavy atom. The van der Waals surface area contributed by atoms with Crippen LogP contribution in [0.15, 0.2) is 58.2 Å². The molecule has 0 saturated heterocycles. The van der Waals surface area contributed by atoms with Crippen LogP contribution in [0, 0.1) is 0 Å². The van der Waals surface area contributed by atoms with E-state index in [0.717, 1.165) is 16.1 Å². The van der Waals surface area contributed by atoms with E-state index >= 15 is 0 Å². The SMILES string of the molecule is CCc1nn2c(=O)cc(COC(=O)c3c(-c4ccccc4)csc3NC(=O)C=C(C)C)nc2s1. The highest BCUT2D eigenvalue weighted by molar-refractivity contribution is 7.16. The molecule has 0 bridgehead atoms. The summed E-state index contributed by atoms with van der Waals surface area (Å²) in [5.41, 5.74) is 2.57. The number of allylic oxidation sites excluding steroid dienone is 1. The molecule has 0 saturated carbocycles. The Hall–Kier alpha value is -3.63. The van der Waals surface area contributed by atoms with Gasteiger partial charge in [0.25, 0.3) is 5.56 Å². The van der Waals surface area contributed by atoms with Crippen LogP contribution in [-0.2, 0) is 22.6 Å². The Morgan fingerprint density at radius 3 is 2.68 bits per heavy atom. The molecule has 0 radical (unpaired) electrons.